The van der Waals surface area contributed by atoms with Crippen molar-refractivity contribution in [2.24, 2.45) is 0 Å². The van der Waals surface area contributed by atoms with Crippen molar-refractivity contribution in [1.29, 1.82) is 0 Å². The van der Waals surface area contributed by atoms with Crippen LogP contribution < -0.4 is 10.9 Å². The lowest BCUT2D eigenvalue weighted by molar-refractivity contribution is -0.137. The van der Waals surface area contributed by atoms with Crippen LogP contribution in [-0.2, 0) is 12.7 Å². The number of halogens is 4. The number of rotatable bonds is 4. The van der Waals surface area contributed by atoms with Gasteiger partial charge in [0.1, 0.15) is 0 Å². The van der Waals surface area contributed by atoms with Crippen LogP contribution in [0.2, 0.25) is 0 Å². The van der Waals surface area contributed by atoms with E-state index in [0.717, 1.165) is 23.4 Å². The molecule has 0 radical (unpaired) electrons. The van der Waals surface area contributed by atoms with Crippen molar-refractivity contribution in [3.63, 3.8) is 0 Å². The predicted octanol–water partition coefficient (Wildman–Crippen LogP) is 4.58. The number of hydrogen-bond donors (Lipinski definition) is 2. The lowest BCUT2D eigenvalue weighted by Gasteiger charge is -2.12. The average Bonchev–Trinajstić information content (AvgIpc) is 2.40. The maximum Gasteiger partial charge on any atom is 0.416 e. The smallest absolute Gasteiger partial charge is 0.321 e. The first-order chi connectivity index (χ1) is 9.47. The molecule has 0 fully saturated rings. The molecule has 20 heavy (non-hydrogen) atoms. The number of anilines is 1. The first-order valence-electron chi connectivity index (χ1n) is 5.86. The van der Waals surface area contributed by atoms with Gasteiger partial charge in [0.05, 0.1) is 5.56 Å². The fourth-order valence-corrected chi connectivity index (χ4v) is 2.15. The first kappa shape index (κ1) is 14.9. The largest absolute Gasteiger partial charge is 0.416 e. The van der Waals surface area contributed by atoms with Gasteiger partial charge in [0.25, 0.3) is 0 Å². The molecule has 0 aliphatic carbocycles. The number of alkyl halides is 3. The fourth-order valence-electron chi connectivity index (χ4n) is 1.63. The minimum Gasteiger partial charge on any atom is -0.321 e. The van der Waals surface area contributed by atoms with E-state index in [9.17, 15) is 13.2 Å². The summed E-state index contributed by atoms with van der Waals surface area (Å²) in [6.07, 6.45) is -4.32. The Hall–Kier alpha value is -1.53. The van der Waals surface area contributed by atoms with Crippen molar-refractivity contribution in [2.75, 3.05) is 5.43 Å². The minimum atomic E-state index is -4.32. The molecule has 0 aliphatic rings. The van der Waals surface area contributed by atoms with E-state index in [-0.39, 0.29) is 0 Å². The molecule has 0 heterocycles. The summed E-state index contributed by atoms with van der Waals surface area (Å²) in [6.45, 7) is 0.396. The maximum absolute atomic E-state index is 12.5. The Morgan fingerprint density at radius 3 is 2.30 bits per heavy atom. The summed E-state index contributed by atoms with van der Waals surface area (Å²) in [5.41, 5.74) is 6.89. The molecule has 0 bridgehead atoms. The Bertz CT molecular complexity index is 570. The molecular weight excluding hydrogens is 333 g/mol. The highest BCUT2D eigenvalue weighted by molar-refractivity contribution is 9.10. The summed E-state index contributed by atoms with van der Waals surface area (Å²) in [6, 6.07) is 13.0. The summed E-state index contributed by atoms with van der Waals surface area (Å²) in [5, 5.41) is 0. The van der Waals surface area contributed by atoms with Gasteiger partial charge in [-0.2, -0.15) is 13.2 Å². The Labute approximate surface area is 123 Å². The Balaban J connectivity index is 1.97. The molecule has 0 unspecified atom stereocenters. The van der Waals surface area contributed by atoms with Crippen molar-refractivity contribution in [1.82, 2.24) is 5.43 Å². The van der Waals surface area contributed by atoms with Crippen LogP contribution in [0.5, 0.6) is 0 Å². The van der Waals surface area contributed by atoms with Gasteiger partial charge in [0.15, 0.2) is 0 Å². The third-order valence-corrected chi connectivity index (χ3v) is 3.40. The monoisotopic (exact) mass is 344 g/mol. The van der Waals surface area contributed by atoms with Crippen LogP contribution in [0.15, 0.2) is 53.0 Å². The maximum atomic E-state index is 12.5. The van der Waals surface area contributed by atoms with Gasteiger partial charge in [0.2, 0.25) is 0 Å². The predicted molar refractivity (Wildman–Crippen MR) is 76.0 cm³/mol. The van der Waals surface area contributed by atoms with Crippen LogP contribution in [-0.4, -0.2) is 0 Å². The lowest BCUT2D eigenvalue weighted by Crippen LogP contribution is -2.21. The minimum absolute atomic E-state index is 0.396. The Kier molecular flexibility index (Phi) is 4.67. The normalized spacial score (nSPS) is 11.4. The highest BCUT2D eigenvalue weighted by Crippen LogP contribution is 2.32. The second kappa shape index (κ2) is 6.28. The van der Waals surface area contributed by atoms with E-state index in [4.69, 9.17) is 0 Å². The van der Waals surface area contributed by atoms with Crippen molar-refractivity contribution in [2.45, 2.75) is 12.7 Å². The Morgan fingerprint density at radius 2 is 1.70 bits per heavy atom. The summed E-state index contributed by atoms with van der Waals surface area (Å²) < 4.78 is 38.0. The summed E-state index contributed by atoms with van der Waals surface area (Å²) in [5.74, 6) is 0. The van der Waals surface area contributed by atoms with E-state index >= 15 is 0 Å². The summed E-state index contributed by atoms with van der Waals surface area (Å²) in [7, 11) is 0. The van der Waals surface area contributed by atoms with Crippen molar-refractivity contribution in [3.8, 4) is 0 Å². The van der Waals surface area contributed by atoms with Gasteiger partial charge in [0, 0.05) is 16.7 Å². The molecule has 2 aromatic rings. The quantitative estimate of drug-likeness (QED) is 0.793. The van der Waals surface area contributed by atoms with Gasteiger partial charge in [-0.25, -0.2) is 5.43 Å². The molecule has 2 N–H and O–H groups in total. The SMILES string of the molecule is FC(F)(F)c1ccc(CNNc2ccccc2)c(Br)c1. The van der Waals surface area contributed by atoms with Crippen molar-refractivity contribution < 1.29 is 13.2 Å². The molecule has 0 saturated heterocycles. The molecule has 106 valence electrons. The van der Waals surface area contributed by atoms with Crippen LogP contribution in [0.25, 0.3) is 0 Å². The van der Waals surface area contributed by atoms with Gasteiger partial charge >= 0.3 is 6.18 Å². The lowest BCUT2D eigenvalue weighted by atomic mass is 10.1. The van der Waals surface area contributed by atoms with Gasteiger partial charge in [-0.3, -0.25) is 0 Å². The van der Waals surface area contributed by atoms with E-state index in [1.54, 1.807) is 0 Å². The molecule has 0 aliphatic heterocycles. The van der Waals surface area contributed by atoms with Crippen LogP contribution in [0.3, 0.4) is 0 Å². The number of hydrazine groups is 1. The Morgan fingerprint density at radius 1 is 1.00 bits per heavy atom. The molecule has 0 amide bonds. The third-order valence-electron chi connectivity index (χ3n) is 2.67. The number of benzene rings is 2. The third kappa shape index (κ3) is 3.98. The fraction of sp³-hybridized carbons (Fsp3) is 0.143. The molecule has 0 aromatic heterocycles. The van der Waals surface area contributed by atoms with Crippen LogP contribution in [0, 0.1) is 0 Å². The van der Waals surface area contributed by atoms with Crippen molar-refractivity contribution >= 4 is 21.6 Å². The molecule has 2 rings (SSSR count). The molecule has 2 nitrogen and oxygen atoms in total. The van der Waals surface area contributed by atoms with Crippen LogP contribution in [0.1, 0.15) is 11.1 Å². The second-order valence-corrected chi connectivity index (χ2v) is 5.00. The van der Waals surface area contributed by atoms with E-state index < -0.39 is 11.7 Å². The standard InChI is InChI=1S/C14H12BrF3N2/c15-13-8-11(14(16,17)18)7-6-10(13)9-19-20-12-4-2-1-3-5-12/h1-8,19-20H,9H2. The number of hydrogen-bond acceptors (Lipinski definition) is 2. The summed E-state index contributed by atoms with van der Waals surface area (Å²) >= 11 is 3.16. The highest BCUT2D eigenvalue weighted by Gasteiger charge is 2.30. The van der Waals surface area contributed by atoms with Gasteiger partial charge in [-0.1, -0.05) is 40.2 Å². The first-order valence-corrected chi connectivity index (χ1v) is 6.65. The van der Waals surface area contributed by atoms with Gasteiger partial charge < -0.3 is 5.43 Å². The van der Waals surface area contributed by atoms with E-state index in [2.05, 4.69) is 26.8 Å². The highest BCUT2D eigenvalue weighted by atomic mass is 79.9. The van der Waals surface area contributed by atoms with E-state index in [1.165, 1.54) is 6.07 Å². The molecule has 0 spiro atoms. The molecule has 6 heteroatoms. The molecular formula is C14H12BrF3N2. The molecule has 2 aromatic carbocycles. The zero-order valence-electron chi connectivity index (χ0n) is 10.3. The van der Waals surface area contributed by atoms with Crippen LogP contribution >= 0.6 is 15.9 Å². The topological polar surface area (TPSA) is 24.1 Å². The number of para-hydroxylation sites is 1. The zero-order chi connectivity index (χ0) is 14.6. The second-order valence-electron chi connectivity index (χ2n) is 4.15. The number of nitrogens with one attached hydrogen (secondary N) is 2. The van der Waals surface area contributed by atoms with E-state index in [1.807, 2.05) is 30.3 Å². The van der Waals surface area contributed by atoms with E-state index in [0.29, 0.717) is 11.0 Å². The zero-order valence-corrected chi connectivity index (χ0v) is 11.9. The van der Waals surface area contributed by atoms with Gasteiger partial charge in [-0.15, -0.1) is 0 Å². The van der Waals surface area contributed by atoms with Gasteiger partial charge in [-0.05, 0) is 29.8 Å². The van der Waals surface area contributed by atoms with Crippen molar-refractivity contribution in [3.05, 3.63) is 64.1 Å². The van der Waals surface area contributed by atoms with Crippen LogP contribution in [0.4, 0.5) is 18.9 Å². The summed E-state index contributed by atoms with van der Waals surface area (Å²) in [4.78, 5) is 0. The molecule has 0 saturated carbocycles. The molecule has 0 atom stereocenters. The average molecular weight is 345 g/mol.